The second-order valence-corrected chi connectivity index (χ2v) is 5.36. The molecule has 6 heteroatoms. The van der Waals surface area contributed by atoms with Crippen LogP contribution in [0, 0.1) is 0 Å². The predicted molar refractivity (Wildman–Crippen MR) is 88.0 cm³/mol. The Morgan fingerprint density at radius 1 is 1.00 bits per heavy atom. The minimum atomic E-state index is -0.442. The van der Waals surface area contributed by atoms with Crippen LogP contribution in [0.15, 0.2) is 48.5 Å². The van der Waals surface area contributed by atoms with Gasteiger partial charge in [0.05, 0.1) is 17.7 Å². The number of carbonyl (C=O) groups is 3. The van der Waals surface area contributed by atoms with Crippen molar-refractivity contribution in [3.05, 3.63) is 59.7 Å². The van der Waals surface area contributed by atoms with Crippen LogP contribution in [0.5, 0.6) is 5.75 Å². The van der Waals surface area contributed by atoms with E-state index in [1.54, 1.807) is 6.07 Å². The Balaban J connectivity index is 1.48. The van der Waals surface area contributed by atoms with E-state index in [-0.39, 0.29) is 11.5 Å². The average molecular weight is 324 g/mol. The molecule has 3 amide bonds. The lowest BCUT2D eigenvalue weighted by Gasteiger charge is -2.07. The Morgan fingerprint density at radius 3 is 2.54 bits per heavy atom. The zero-order chi connectivity index (χ0) is 16.9. The fourth-order valence-corrected chi connectivity index (χ4v) is 2.41. The number of anilines is 1. The summed E-state index contributed by atoms with van der Waals surface area (Å²) in [7, 11) is 0. The first kappa shape index (κ1) is 15.7. The van der Waals surface area contributed by atoms with E-state index in [1.165, 1.54) is 12.1 Å². The Hall–Kier alpha value is -3.15. The zero-order valence-electron chi connectivity index (χ0n) is 12.9. The molecule has 1 aliphatic rings. The van der Waals surface area contributed by atoms with Crippen LogP contribution in [0.25, 0.3) is 0 Å². The largest absolute Gasteiger partial charge is 0.494 e. The monoisotopic (exact) mass is 324 g/mol. The van der Waals surface area contributed by atoms with Gasteiger partial charge in [-0.15, -0.1) is 0 Å². The minimum Gasteiger partial charge on any atom is -0.494 e. The molecule has 0 fully saturated rings. The molecule has 1 aliphatic heterocycles. The van der Waals surface area contributed by atoms with Crippen molar-refractivity contribution in [2.45, 2.75) is 12.8 Å². The van der Waals surface area contributed by atoms with E-state index < -0.39 is 11.8 Å². The quantitative estimate of drug-likeness (QED) is 0.631. The normalized spacial score (nSPS) is 12.5. The average Bonchev–Trinajstić information content (AvgIpc) is 2.87. The summed E-state index contributed by atoms with van der Waals surface area (Å²) in [6.45, 7) is 0.443. The van der Waals surface area contributed by atoms with Crippen molar-refractivity contribution in [1.29, 1.82) is 0 Å². The van der Waals surface area contributed by atoms with Crippen LogP contribution in [0.1, 0.15) is 33.6 Å². The highest BCUT2D eigenvalue weighted by Crippen LogP contribution is 2.20. The maximum absolute atomic E-state index is 11.9. The summed E-state index contributed by atoms with van der Waals surface area (Å²) in [5.74, 6) is -0.253. The summed E-state index contributed by atoms with van der Waals surface area (Å²) in [5.41, 5.74) is 1.10. The SMILES string of the molecule is O=C(CCCOc1ccccc1)Nc1ccc2c(c1)C(=O)NC2=O. The summed E-state index contributed by atoms with van der Waals surface area (Å²) in [6, 6.07) is 14.0. The maximum Gasteiger partial charge on any atom is 0.259 e. The first-order valence-corrected chi connectivity index (χ1v) is 7.61. The molecule has 0 aliphatic carbocycles. The third kappa shape index (κ3) is 3.60. The Kier molecular flexibility index (Phi) is 4.56. The summed E-state index contributed by atoms with van der Waals surface area (Å²) >= 11 is 0. The van der Waals surface area contributed by atoms with E-state index >= 15 is 0 Å². The summed E-state index contributed by atoms with van der Waals surface area (Å²) < 4.78 is 5.52. The van der Waals surface area contributed by atoms with E-state index in [0.717, 1.165) is 5.75 Å². The molecule has 0 unspecified atom stereocenters. The molecule has 1 heterocycles. The summed E-state index contributed by atoms with van der Waals surface area (Å²) in [5, 5.41) is 4.93. The number of carbonyl (C=O) groups excluding carboxylic acids is 3. The number of fused-ring (bicyclic) bond motifs is 1. The topological polar surface area (TPSA) is 84.5 Å². The highest BCUT2D eigenvalue weighted by molar-refractivity contribution is 6.22. The van der Waals surface area contributed by atoms with Gasteiger partial charge in [0, 0.05) is 12.1 Å². The number of amides is 3. The van der Waals surface area contributed by atoms with E-state index in [1.807, 2.05) is 30.3 Å². The lowest BCUT2D eigenvalue weighted by atomic mass is 10.1. The molecule has 2 aromatic carbocycles. The second-order valence-electron chi connectivity index (χ2n) is 5.36. The molecule has 0 atom stereocenters. The smallest absolute Gasteiger partial charge is 0.259 e. The number of ether oxygens (including phenoxy) is 1. The van der Waals surface area contributed by atoms with E-state index in [4.69, 9.17) is 4.74 Å². The Bertz CT molecular complexity index is 787. The van der Waals surface area contributed by atoms with Gasteiger partial charge in [0.25, 0.3) is 11.8 Å². The first-order chi connectivity index (χ1) is 11.6. The lowest BCUT2D eigenvalue weighted by Crippen LogP contribution is -2.19. The summed E-state index contributed by atoms with van der Waals surface area (Å²) in [4.78, 5) is 35.0. The van der Waals surface area contributed by atoms with Crippen molar-refractivity contribution in [2.75, 3.05) is 11.9 Å². The number of para-hydroxylation sites is 1. The van der Waals surface area contributed by atoms with Gasteiger partial charge in [-0.3, -0.25) is 19.7 Å². The molecule has 3 rings (SSSR count). The lowest BCUT2D eigenvalue weighted by molar-refractivity contribution is -0.116. The predicted octanol–water partition coefficient (Wildman–Crippen LogP) is 2.37. The zero-order valence-corrected chi connectivity index (χ0v) is 12.9. The number of rotatable bonds is 6. The molecule has 2 aromatic rings. The molecular weight excluding hydrogens is 308 g/mol. The number of benzene rings is 2. The minimum absolute atomic E-state index is 0.170. The maximum atomic E-state index is 11.9. The van der Waals surface area contributed by atoms with Crippen molar-refractivity contribution < 1.29 is 19.1 Å². The number of hydrogen-bond donors (Lipinski definition) is 2. The number of nitrogens with one attached hydrogen (secondary N) is 2. The van der Waals surface area contributed by atoms with Crippen LogP contribution in [-0.4, -0.2) is 24.3 Å². The van der Waals surface area contributed by atoms with Crippen molar-refractivity contribution in [3.8, 4) is 5.75 Å². The van der Waals surface area contributed by atoms with Crippen LogP contribution >= 0.6 is 0 Å². The molecule has 0 saturated carbocycles. The van der Waals surface area contributed by atoms with Crippen LogP contribution in [0.4, 0.5) is 5.69 Å². The van der Waals surface area contributed by atoms with Gasteiger partial charge in [-0.2, -0.15) is 0 Å². The fourth-order valence-electron chi connectivity index (χ4n) is 2.41. The Labute approximate surface area is 138 Å². The first-order valence-electron chi connectivity index (χ1n) is 7.61. The van der Waals surface area contributed by atoms with Gasteiger partial charge in [-0.1, -0.05) is 18.2 Å². The third-order valence-corrected chi connectivity index (χ3v) is 3.58. The van der Waals surface area contributed by atoms with Crippen molar-refractivity contribution in [3.63, 3.8) is 0 Å². The second kappa shape index (κ2) is 6.95. The van der Waals surface area contributed by atoms with Crippen LogP contribution < -0.4 is 15.4 Å². The highest BCUT2D eigenvalue weighted by Gasteiger charge is 2.26. The van der Waals surface area contributed by atoms with Crippen LogP contribution in [0.2, 0.25) is 0 Å². The van der Waals surface area contributed by atoms with Gasteiger partial charge in [-0.25, -0.2) is 0 Å². The molecule has 6 nitrogen and oxygen atoms in total. The van der Waals surface area contributed by atoms with Crippen LogP contribution in [-0.2, 0) is 4.79 Å². The number of imide groups is 1. The molecular formula is C18H16N2O4. The van der Waals surface area contributed by atoms with Crippen molar-refractivity contribution >= 4 is 23.4 Å². The van der Waals surface area contributed by atoms with Gasteiger partial charge >= 0.3 is 0 Å². The van der Waals surface area contributed by atoms with Gasteiger partial charge in [0.2, 0.25) is 5.91 Å². The molecule has 2 N–H and O–H groups in total. The van der Waals surface area contributed by atoms with E-state index in [9.17, 15) is 14.4 Å². The molecule has 24 heavy (non-hydrogen) atoms. The standard InChI is InChI=1S/C18H16N2O4/c21-16(7-4-10-24-13-5-2-1-3-6-13)19-12-8-9-14-15(11-12)18(23)20-17(14)22/h1-3,5-6,8-9,11H,4,7,10H2,(H,19,21)(H,20,22,23). The van der Waals surface area contributed by atoms with Crippen molar-refractivity contribution in [1.82, 2.24) is 5.32 Å². The van der Waals surface area contributed by atoms with Gasteiger partial charge in [-0.05, 0) is 36.8 Å². The summed E-state index contributed by atoms with van der Waals surface area (Å²) in [6.07, 6.45) is 0.875. The molecule has 0 radical (unpaired) electrons. The molecule has 0 aromatic heterocycles. The highest BCUT2D eigenvalue weighted by atomic mass is 16.5. The van der Waals surface area contributed by atoms with E-state index in [2.05, 4.69) is 10.6 Å². The van der Waals surface area contributed by atoms with Crippen molar-refractivity contribution in [2.24, 2.45) is 0 Å². The number of hydrogen-bond acceptors (Lipinski definition) is 4. The van der Waals surface area contributed by atoms with Gasteiger partial charge in [0.1, 0.15) is 5.75 Å². The molecule has 122 valence electrons. The third-order valence-electron chi connectivity index (χ3n) is 3.58. The fraction of sp³-hybridized carbons (Fsp3) is 0.167. The molecule has 0 spiro atoms. The van der Waals surface area contributed by atoms with Gasteiger partial charge < -0.3 is 10.1 Å². The molecule has 0 bridgehead atoms. The van der Waals surface area contributed by atoms with Crippen LogP contribution in [0.3, 0.4) is 0 Å². The molecule has 0 saturated heterocycles. The Morgan fingerprint density at radius 2 is 1.75 bits per heavy atom. The van der Waals surface area contributed by atoms with E-state index in [0.29, 0.717) is 30.7 Å². The van der Waals surface area contributed by atoms with Gasteiger partial charge in [0.15, 0.2) is 0 Å².